The van der Waals surface area contributed by atoms with E-state index in [0.29, 0.717) is 24.5 Å². The maximum absolute atomic E-state index is 10.2. The third-order valence-electron chi connectivity index (χ3n) is 5.48. The fourth-order valence-corrected chi connectivity index (χ4v) is 4.30. The van der Waals surface area contributed by atoms with E-state index in [1.165, 1.54) is 22.3 Å². The van der Waals surface area contributed by atoms with Gasteiger partial charge < -0.3 is 24.6 Å². The van der Waals surface area contributed by atoms with E-state index in [1.807, 2.05) is 18.2 Å². The van der Waals surface area contributed by atoms with Crippen LogP contribution in [0.1, 0.15) is 28.2 Å². The molecule has 0 amide bonds. The molecule has 0 saturated heterocycles. The van der Waals surface area contributed by atoms with E-state index in [0.717, 1.165) is 30.9 Å². The molecule has 0 radical (unpaired) electrons. The van der Waals surface area contributed by atoms with Gasteiger partial charge in [-0.15, -0.1) is 0 Å². The summed E-state index contributed by atoms with van der Waals surface area (Å²) in [5.41, 5.74) is 5.00. The SMILES string of the molecule is COc1cc2c(cc1O)[C@@H]1Cc3ccc4c(c3C[C@H]1NC2)OCO4. The molecule has 2 aromatic carbocycles. The first-order chi connectivity index (χ1) is 11.7. The Bertz CT molecular complexity index is 833. The highest BCUT2D eigenvalue weighted by molar-refractivity contribution is 5.56. The van der Waals surface area contributed by atoms with Gasteiger partial charge in [-0.25, -0.2) is 0 Å². The summed E-state index contributed by atoms with van der Waals surface area (Å²) >= 11 is 0. The zero-order valence-corrected chi connectivity index (χ0v) is 13.5. The van der Waals surface area contributed by atoms with Gasteiger partial charge in [0.15, 0.2) is 23.0 Å². The van der Waals surface area contributed by atoms with Crippen molar-refractivity contribution in [2.75, 3.05) is 13.9 Å². The fraction of sp³-hybridized carbons (Fsp3) is 0.368. The number of aromatic hydroxyl groups is 1. The standard InChI is InChI=1S/C19H19NO4/c1-22-18-5-11-8-20-15-6-13-10(2-3-17-19(13)24-9-23-17)4-14(15)12(11)7-16(18)21/h2-3,5,7,14-15,20-21H,4,6,8-9H2,1H3/t14-,15+/m0/s1. The number of hydrogen-bond acceptors (Lipinski definition) is 5. The minimum atomic E-state index is 0.216. The van der Waals surface area contributed by atoms with Crippen LogP contribution in [-0.2, 0) is 19.4 Å². The predicted octanol–water partition coefficient (Wildman–Crippen LogP) is 2.48. The van der Waals surface area contributed by atoms with Crippen molar-refractivity contribution in [3.05, 3.63) is 46.5 Å². The second-order valence-corrected chi connectivity index (χ2v) is 6.66. The van der Waals surface area contributed by atoms with Gasteiger partial charge in [-0.05, 0) is 47.7 Å². The van der Waals surface area contributed by atoms with Crippen LogP contribution in [0.4, 0.5) is 0 Å². The zero-order chi connectivity index (χ0) is 16.3. The summed E-state index contributed by atoms with van der Waals surface area (Å²) in [5, 5.41) is 13.8. The van der Waals surface area contributed by atoms with Crippen molar-refractivity contribution in [1.82, 2.24) is 5.32 Å². The molecular weight excluding hydrogens is 306 g/mol. The average Bonchev–Trinajstić information content (AvgIpc) is 3.09. The first kappa shape index (κ1) is 14.0. The van der Waals surface area contributed by atoms with Crippen LogP contribution in [-0.4, -0.2) is 25.1 Å². The highest BCUT2D eigenvalue weighted by atomic mass is 16.7. The molecule has 2 heterocycles. The van der Waals surface area contributed by atoms with Gasteiger partial charge in [0.1, 0.15) is 0 Å². The van der Waals surface area contributed by atoms with Gasteiger partial charge in [-0.3, -0.25) is 0 Å². The largest absolute Gasteiger partial charge is 0.504 e. The number of phenolic OH excluding ortho intramolecular Hbond substituents is 1. The molecule has 0 aromatic heterocycles. The molecule has 2 atom stereocenters. The molecule has 5 rings (SSSR count). The lowest BCUT2D eigenvalue weighted by Crippen LogP contribution is -2.44. The molecule has 3 aliphatic rings. The topological polar surface area (TPSA) is 60.0 Å². The second-order valence-electron chi connectivity index (χ2n) is 6.66. The first-order valence-electron chi connectivity index (χ1n) is 8.28. The van der Waals surface area contributed by atoms with Crippen molar-refractivity contribution in [2.45, 2.75) is 31.3 Å². The van der Waals surface area contributed by atoms with Gasteiger partial charge in [-0.1, -0.05) is 6.07 Å². The number of ether oxygens (including phenoxy) is 3. The molecule has 2 N–H and O–H groups in total. The predicted molar refractivity (Wildman–Crippen MR) is 88.0 cm³/mol. The highest BCUT2D eigenvalue weighted by Crippen LogP contribution is 2.46. The number of phenols is 1. The molecule has 1 aliphatic carbocycles. The van der Waals surface area contributed by atoms with Gasteiger partial charge in [0.2, 0.25) is 6.79 Å². The fourth-order valence-electron chi connectivity index (χ4n) is 4.30. The molecule has 0 unspecified atom stereocenters. The number of rotatable bonds is 1. The van der Waals surface area contributed by atoms with Crippen molar-refractivity contribution >= 4 is 0 Å². The second kappa shape index (κ2) is 5.05. The van der Waals surface area contributed by atoms with Gasteiger partial charge in [-0.2, -0.15) is 0 Å². The maximum Gasteiger partial charge on any atom is 0.231 e. The Hall–Kier alpha value is -2.40. The number of fused-ring (bicyclic) bond motifs is 6. The molecule has 2 aliphatic heterocycles. The van der Waals surface area contributed by atoms with Crippen molar-refractivity contribution in [2.24, 2.45) is 0 Å². The van der Waals surface area contributed by atoms with Crippen LogP contribution in [0.15, 0.2) is 24.3 Å². The Balaban J connectivity index is 1.57. The molecule has 0 bridgehead atoms. The van der Waals surface area contributed by atoms with Crippen LogP contribution in [0.3, 0.4) is 0 Å². The number of benzene rings is 2. The third kappa shape index (κ3) is 1.91. The van der Waals surface area contributed by atoms with E-state index >= 15 is 0 Å². The van der Waals surface area contributed by atoms with E-state index < -0.39 is 0 Å². The number of methoxy groups -OCH3 is 1. The van der Waals surface area contributed by atoms with Gasteiger partial charge in [0.25, 0.3) is 0 Å². The summed E-state index contributed by atoms with van der Waals surface area (Å²) in [6.45, 7) is 1.10. The summed E-state index contributed by atoms with van der Waals surface area (Å²) < 4.78 is 16.4. The van der Waals surface area contributed by atoms with Crippen LogP contribution in [0.25, 0.3) is 0 Å². The molecule has 0 fully saturated rings. The van der Waals surface area contributed by atoms with Gasteiger partial charge in [0, 0.05) is 24.1 Å². The number of hydrogen-bond donors (Lipinski definition) is 2. The van der Waals surface area contributed by atoms with Gasteiger partial charge in [0.05, 0.1) is 7.11 Å². The minimum Gasteiger partial charge on any atom is -0.504 e. The van der Waals surface area contributed by atoms with E-state index in [4.69, 9.17) is 14.2 Å². The van der Waals surface area contributed by atoms with Crippen LogP contribution in [0.5, 0.6) is 23.0 Å². The lowest BCUT2D eigenvalue weighted by Gasteiger charge is -2.39. The Morgan fingerprint density at radius 2 is 2.08 bits per heavy atom. The molecule has 124 valence electrons. The Morgan fingerprint density at radius 3 is 2.96 bits per heavy atom. The van der Waals surface area contributed by atoms with Crippen LogP contribution < -0.4 is 19.5 Å². The van der Waals surface area contributed by atoms with Crippen molar-refractivity contribution in [3.63, 3.8) is 0 Å². The summed E-state index contributed by atoms with van der Waals surface area (Å²) in [6.07, 6.45) is 1.85. The quantitative estimate of drug-likeness (QED) is 0.843. The van der Waals surface area contributed by atoms with Crippen LogP contribution in [0.2, 0.25) is 0 Å². The van der Waals surface area contributed by atoms with Crippen LogP contribution >= 0.6 is 0 Å². The molecule has 0 saturated carbocycles. The average molecular weight is 325 g/mol. The molecule has 5 heteroatoms. The van der Waals surface area contributed by atoms with E-state index in [1.54, 1.807) is 7.11 Å². The summed E-state index contributed by atoms with van der Waals surface area (Å²) in [4.78, 5) is 0. The maximum atomic E-state index is 10.2. The Morgan fingerprint density at radius 1 is 1.17 bits per heavy atom. The van der Waals surface area contributed by atoms with Crippen molar-refractivity contribution < 1.29 is 19.3 Å². The number of nitrogens with one attached hydrogen (secondary N) is 1. The first-order valence-corrected chi connectivity index (χ1v) is 8.28. The third-order valence-corrected chi connectivity index (χ3v) is 5.48. The Kier molecular flexibility index (Phi) is 2.94. The van der Waals surface area contributed by atoms with Crippen LogP contribution in [0, 0.1) is 0 Å². The van der Waals surface area contributed by atoms with Gasteiger partial charge >= 0.3 is 0 Å². The zero-order valence-electron chi connectivity index (χ0n) is 13.5. The monoisotopic (exact) mass is 325 g/mol. The molecular formula is C19H19NO4. The summed E-state index contributed by atoms with van der Waals surface area (Å²) in [5.74, 6) is 2.86. The van der Waals surface area contributed by atoms with E-state index in [9.17, 15) is 5.11 Å². The lowest BCUT2D eigenvalue weighted by atomic mass is 9.73. The van der Waals surface area contributed by atoms with E-state index in [2.05, 4.69) is 11.4 Å². The smallest absolute Gasteiger partial charge is 0.231 e. The lowest BCUT2D eigenvalue weighted by molar-refractivity contribution is 0.172. The molecule has 2 aromatic rings. The van der Waals surface area contributed by atoms with Crippen molar-refractivity contribution in [3.8, 4) is 23.0 Å². The Labute approximate surface area is 140 Å². The summed E-state index contributed by atoms with van der Waals surface area (Å²) in [7, 11) is 1.58. The molecule has 24 heavy (non-hydrogen) atoms. The minimum absolute atomic E-state index is 0.216. The van der Waals surface area contributed by atoms with E-state index in [-0.39, 0.29) is 5.75 Å². The van der Waals surface area contributed by atoms with Crippen molar-refractivity contribution in [1.29, 1.82) is 0 Å². The summed E-state index contributed by atoms with van der Waals surface area (Å²) in [6, 6.07) is 8.32. The normalized spacial score (nSPS) is 23.2. The molecule has 0 spiro atoms. The molecule has 5 nitrogen and oxygen atoms in total. The highest BCUT2D eigenvalue weighted by Gasteiger charge is 2.37.